The van der Waals surface area contributed by atoms with Gasteiger partial charge in [0.05, 0.1) is 7.11 Å². The third-order valence-electron chi connectivity index (χ3n) is 3.00. The largest absolute Gasteiger partial charge is 0.497 e. The lowest BCUT2D eigenvalue weighted by molar-refractivity contribution is -0.128. The SMILES string of the molecule is C=CCN1C(=O)/C(=C/c2cc(OC)ccc2Br)C(=O)NC1=S. The summed E-state index contributed by atoms with van der Waals surface area (Å²) in [4.78, 5) is 25.8. The number of amides is 2. The first-order valence-electron chi connectivity index (χ1n) is 6.31. The van der Waals surface area contributed by atoms with E-state index in [0.717, 1.165) is 4.47 Å². The molecule has 2 rings (SSSR count). The molecule has 1 aromatic carbocycles. The molecule has 1 heterocycles. The first kappa shape index (κ1) is 16.4. The Morgan fingerprint density at radius 3 is 2.82 bits per heavy atom. The normalized spacial score (nSPS) is 16.7. The number of ether oxygens (including phenoxy) is 1. The molecule has 0 aliphatic carbocycles. The van der Waals surface area contributed by atoms with Gasteiger partial charge in [-0.05, 0) is 42.1 Å². The number of nitrogens with one attached hydrogen (secondary N) is 1. The van der Waals surface area contributed by atoms with E-state index in [-0.39, 0.29) is 17.2 Å². The molecule has 0 bridgehead atoms. The van der Waals surface area contributed by atoms with Gasteiger partial charge in [-0.25, -0.2) is 0 Å². The van der Waals surface area contributed by atoms with E-state index in [0.29, 0.717) is 11.3 Å². The van der Waals surface area contributed by atoms with Gasteiger partial charge >= 0.3 is 0 Å². The van der Waals surface area contributed by atoms with Gasteiger partial charge in [0.25, 0.3) is 11.8 Å². The minimum Gasteiger partial charge on any atom is -0.497 e. The van der Waals surface area contributed by atoms with Crippen molar-refractivity contribution in [2.45, 2.75) is 0 Å². The molecule has 1 aliphatic rings. The minimum absolute atomic E-state index is 0.00408. The van der Waals surface area contributed by atoms with Crippen LogP contribution in [0.3, 0.4) is 0 Å². The van der Waals surface area contributed by atoms with Crippen LogP contribution < -0.4 is 10.1 Å². The number of carbonyl (C=O) groups is 2. The number of carbonyl (C=O) groups excluding carboxylic acids is 2. The van der Waals surface area contributed by atoms with Crippen LogP contribution in [0.4, 0.5) is 0 Å². The van der Waals surface area contributed by atoms with Gasteiger partial charge < -0.3 is 4.74 Å². The lowest BCUT2D eigenvalue weighted by Crippen LogP contribution is -2.53. The highest BCUT2D eigenvalue weighted by molar-refractivity contribution is 9.10. The molecule has 1 aliphatic heterocycles. The molecule has 0 atom stereocenters. The highest BCUT2D eigenvalue weighted by Gasteiger charge is 2.32. The smallest absolute Gasteiger partial charge is 0.265 e. The number of methoxy groups -OCH3 is 1. The van der Waals surface area contributed by atoms with Crippen molar-refractivity contribution in [3.05, 3.63) is 46.5 Å². The van der Waals surface area contributed by atoms with Gasteiger partial charge in [0, 0.05) is 11.0 Å². The predicted octanol–water partition coefficient (Wildman–Crippen LogP) is 2.27. The first-order chi connectivity index (χ1) is 10.5. The fourth-order valence-electron chi connectivity index (χ4n) is 1.90. The monoisotopic (exact) mass is 380 g/mol. The molecule has 0 saturated carbocycles. The van der Waals surface area contributed by atoms with Gasteiger partial charge in [-0.1, -0.05) is 22.0 Å². The second-order valence-corrected chi connectivity index (χ2v) is 5.65. The van der Waals surface area contributed by atoms with Crippen LogP contribution in [0.1, 0.15) is 5.56 Å². The number of rotatable bonds is 4. The summed E-state index contributed by atoms with van der Waals surface area (Å²) in [5.74, 6) is -0.356. The van der Waals surface area contributed by atoms with Gasteiger partial charge in [-0.2, -0.15) is 0 Å². The molecule has 0 unspecified atom stereocenters. The van der Waals surface area contributed by atoms with E-state index in [9.17, 15) is 9.59 Å². The van der Waals surface area contributed by atoms with Crippen LogP contribution in [0.2, 0.25) is 0 Å². The van der Waals surface area contributed by atoms with Crippen LogP contribution >= 0.6 is 28.1 Å². The Bertz CT molecular complexity index is 700. The molecule has 1 saturated heterocycles. The lowest BCUT2D eigenvalue weighted by Gasteiger charge is -2.27. The quantitative estimate of drug-likeness (QED) is 0.376. The number of thiocarbonyl (C=S) groups is 1. The zero-order valence-electron chi connectivity index (χ0n) is 11.8. The molecule has 1 aromatic rings. The summed E-state index contributed by atoms with van der Waals surface area (Å²) in [6.45, 7) is 3.81. The molecular weight excluding hydrogens is 368 g/mol. The molecule has 1 N–H and O–H groups in total. The van der Waals surface area contributed by atoms with Crippen molar-refractivity contribution < 1.29 is 14.3 Å². The predicted molar refractivity (Wildman–Crippen MR) is 91.3 cm³/mol. The zero-order chi connectivity index (χ0) is 16.3. The van der Waals surface area contributed by atoms with Crippen molar-refractivity contribution in [3.63, 3.8) is 0 Å². The Morgan fingerprint density at radius 2 is 2.18 bits per heavy atom. The Kier molecular flexibility index (Phi) is 5.10. The standard InChI is InChI=1S/C15H13BrN2O3S/c1-3-6-18-14(20)11(13(19)17-15(18)22)8-9-7-10(21-2)4-5-12(9)16/h3-5,7-8H,1,6H2,2H3,(H,17,19,22)/b11-8+. The highest BCUT2D eigenvalue weighted by atomic mass is 79.9. The van der Waals surface area contributed by atoms with E-state index in [1.54, 1.807) is 31.4 Å². The topological polar surface area (TPSA) is 58.6 Å². The molecular formula is C15H13BrN2O3S. The second-order valence-electron chi connectivity index (χ2n) is 4.41. The Labute approximate surface area is 141 Å². The van der Waals surface area contributed by atoms with Gasteiger partial charge in [0.1, 0.15) is 11.3 Å². The van der Waals surface area contributed by atoms with E-state index in [1.165, 1.54) is 11.0 Å². The van der Waals surface area contributed by atoms with Crippen molar-refractivity contribution in [2.75, 3.05) is 13.7 Å². The van der Waals surface area contributed by atoms with E-state index in [2.05, 4.69) is 27.8 Å². The molecule has 0 aromatic heterocycles. The van der Waals surface area contributed by atoms with Crippen molar-refractivity contribution in [3.8, 4) is 5.75 Å². The van der Waals surface area contributed by atoms with E-state index in [4.69, 9.17) is 17.0 Å². The van der Waals surface area contributed by atoms with E-state index in [1.807, 2.05) is 0 Å². The summed E-state index contributed by atoms with van der Waals surface area (Å²) in [6.07, 6.45) is 3.04. The van der Waals surface area contributed by atoms with Crippen LogP contribution in [0, 0.1) is 0 Å². The molecule has 114 valence electrons. The van der Waals surface area contributed by atoms with E-state index < -0.39 is 11.8 Å². The van der Waals surface area contributed by atoms with Gasteiger partial charge in [0.2, 0.25) is 0 Å². The molecule has 5 nitrogen and oxygen atoms in total. The average Bonchev–Trinajstić information content (AvgIpc) is 2.49. The number of hydrogen-bond acceptors (Lipinski definition) is 4. The van der Waals surface area contributed by atoms with Gasteiger partial charge in [0.15, 0.2) is 5.11 Å². The fourth-order valence-corrected chi connectivity index (χ4v) is 2.52. The zero-order valence-corrected chi connectivity index (χ0v) is 14.2. The fraction of sp³-hybridized carbons (Fsp3) is 0.133. The lowest BCUT2D eigenvalue weighted by atomic mass is 10.1. The molecule has 1 fully saturated rings. The maximum absolute atomic E-state index is 12.4. The van der Waals surface area contributed by atoms with Crippen LogP contribution in [0.15, 0.2) is 40.9 Å². The second kappa shape index (κ2) is 6.85. The summed E-state index contributed by atoms with van der Waals surface area (Å²) >= 11 is 8.38. The number of nitrogens with zero attached hydrogens (tertiary/aromatic N) is 1. The Balaban J connectivity index is 2.45. The molecule has 2 amide bonds. The van der Waals surface area contributed by atoms with Crippen LogP contribution in [-0.2, 0) is 9.59 Å². The number of hydrogen-bond donors (Lipinski definition) is 1. The van der Waals surface area contributed by atoms with Crippen molar-refractivity contribution in [1.29, 1.82) is 0 Å². The molecule has 22 heavy (non-hydrogen) atoms. The van der Waals surface area contributed by atoms with Crippen molar-refractivity contribution in [1.82, 2.24) is 10.2 Å². The average molecular weight is 381 g/mol. The third kappa shape index (κ3) is 3.26. The molecule has 7 heteroatoms. The summed E-state index contributed by atoms with van der Waals surface area (Å²) < 4.78 is 5.89. The summed E-state index contributed by atoms with van der Waals surface area (Å²) in [6, 6.07) is 5.28. The van der Waals surface area contributed by atoms with Crippen LogP contribution in [0.25, 0.3) is 6.08 Å². The maximum atomic E-state index is 12.4. The number of halogens is 1. The third-order valence-corrected chi connectivity index (χ3v) is 4.05. The Hall–Kier alpha value is -1.99. The summed E-state index contributed by atoms with van der Waals surface area (Å²) in [7, 11) is 1.54. The molecule has 0 spiro atoms. The highest BCUT2D eigenvalue weighted by Crippen LogP contribution is 2.25. The van der Waals surface area contributed by atoms with Crippen LogP contribution in [0.5, 0.6) is 5.75 Å². The van der Waals surface area contributed by atoms with Gasteiger partial charge in [-0.3, -0.25) is 19.8 Å². The Morgan fingerprint density at radius 1 is 1.45 bits per heavy atom. The summed E-state index contributed by atoms with van der Waals surface area (Å²) in [5, 5.41) is 2.58. The number of benzene rings is 1. The van der Waals surface area contributed by atoms with Gasteiger partial charge in [-0.15, -0.1) is 6.58 Å². The van der Waals surface area contributed by atoms with E-state index >= 15 is 0 Å². The molecule has 0 radical (unpaired) electrons. The maximum Gasteiger partial charge on any atom is 0.265 e. The van der Waals surface area contributed by atoms with Crippen molar-refractivity contribution >= 4 is 51.2 Å². The minimum atomic E-state index is -0.523. The van der Waals surface area contributed by atoms with Crippen molar-refractivity contribution in [2.24, 2.45) is 0 Å². The first-order valence-corrected chi connectivity index (χ1v) is 7.51. The van der Waals surface area contributed by atoms with Crippen LogP contribution in [-0.4, -0.2) is 35.5 Å². The summed E-state index contributed by atoms with van der Waals surface area (Å²) in [5.41, 5.74) is 0.661.